The van der Waals surface area contributed by atoms with Crippen molar-refractivity contribution in [2.24, 2.45) is 5.92 Å². The van der Waals surface area contributed by atoms with E-state index >= 15 is 0 Å². The van der Waals surface area contributed by atoms with Gasteiger partial charge in [-0.25, -0.2) is 0 Å². The molecule has 3 unspecified atom stereocenters. The van der Waals surface area contributed by atoms with Crippen LogP contribution in [0.1, 0.15) is 43.4 Å². The number of hydrogen-bond acceptors (Lipinski definition) is 3. The van der Waals surface area contributed by atoms with Gasteiger partial charge in [0, 0.05) is 11.4 Å². The minimum Gasteiger partial charge on any atom is -0.393 e. The molecule has 1 aliphatic carbocycles. The summed E-state index contributed by atoms with van der Waals surface area (Å²) in [4.78, 5) is 13.1. The Morgan fingerprint density at radius 3 is 3.11 bits per heavy atom. The van der Waals surface area contributed by atoms with Gasteiger partial charge in [-0.2, -0.15) is 0 Å². The van der Waals surface area contributed by atoms with E-state index in [1.165, 1.54) is 0 Å². The van der Waals surface area contributed by atoms with Gasteiger partial charge in [0.05, 0.1) is 12.0 Å². The van der Waals surface area contributed by atoms with Crippen molar-refractivity contribution in [1.29, 1.82) is 0 Å². The molecule has 2 rings (SSSR count). The Morgan fingerprint density at radius 1 is 1.61 bits per heavy atom. The molecule has 1 heterocycles. The lowest BCUT2D eigenvalue weighted by molar-refractivity contribution is -0.122. The first-order valence-electron chi connectivity index (χ1n) is 6.66. The molecule has 1 aliphatic rings. The van der Waals surface area contributed by atoms with Gasteiger partial charge in [0.25, 0.3) is 0 Å². The van der Waals surface area contributed by atoms with Crippen LogP contribution in [0.2, 0.25) is 0 Å². The Hall–Kier alpha value is -0.870. The Balaban J connectivity index is 1.77. The minimum atomic E-state index is -0.171. The summed E-state index contributed by atoms with van der Waals surface area (Å²) in [6.07, 6.45) is 3.76. The van der Waals surface area contributed by atoms with Gasteiger partial charge in [-0.15, -0.1) is 11.3 Å². The number of thiophene rings is 1. The summed E-state index contributed by atoms with van der Waals surface area (Å²) in [6.45, 7) is 2.64. The third-order valence-electron chi connectivity index (χ3n) is 3.68. The number of amides is 1. The predicted octanol–water partition coefficient (Wildman–Crippen LogP) is 2.52. The summed E-state index contributed by atoms with van der Waals surface area (Å²) in [5.74, 6) is 0.462. The van der Waals surface area contributed by atoms with E-state index in [0.29, 0.717) is 12.5 Å². The second kappa shape index (κ2) is 6.34. The molecular formula is C14H21NO2S. The molecule has 0 saturated heterocycles. The topological polar surface area (TPSA) is 49.3 Å². The maximum atomic E-state index is 12.0. The lowest BCUT2D eigenvalue weighted by Crippen LogP contribution is -2.34. The molecule has 1 fully saturated rings. The summed E-state index contributed by atoms with van der Waals surface area (Å²) in [6, 6.07) is 3.97. The van der Waals surface area contributed by atoms with Crippen LogP contribution in [-0.4, -0.2) is 23.7 Å². The molecule has 0 radical (unpaired) electrons. The van der Waals surface area contributed by atoms with Gasteiger partial charge in [-0.05, 0) is 43.6 Å². The molecule has 1 amide bonds. The van der Waals surface area contributed by atoms with E-state index in [1.54, 1.807) is 11.3 Å². The zero-order valence-corrected chi connectivity index (χ0v) is 11.6. The highest BCUT2D eigenvalue weighted by atomic mass is 32.1. The van der Waals surface area contributed by atoms with Gasteiger partial charge >= 0.3 is 0 Å². The van der Waals surface area contributed by atoms with E-state index in [-0.39, 0.29) is 17.9 Å². The minimum absolute atomic E-state index is 0.0708. The van der Waals surface area contributed by atoms with Crippen LogP contribution in [0, 0.1) is 5.92 Å². The second-order valence-corrected chi connectivity index (χ2v) is 6.15. The van der Waals surface area contributed by atoms with E-state index < -0.39 is 0 Å². The van der Waals surface area contributed by atoms with Crippen molar-refractivity contribution in [3.8, 4) is 0 Å². The molecule has 0 aromatic carbocycles. The highest BCUT2D eigenvalue weighted by Crippen LogP contribution is 2.24. The van der Waals surface area contributed by atoms with Crippen LogP contribution in [0.25, 0.3) is 0 Å². The van der Waals surface area contributed by atoms with Crippen molar-refractivity contribution in [1.82, 2.24) is 5.32 Å². The van der Waals surface area contributed by atoms with Gasteiger partial charge in [-0.3, -0.25) is 4.79 Å². The average Bonchev–Trinajstić information content (AvgIpc) is 2.89. The summed E-state index contributed by atoms with van der Waals surface area (Å²) in [7, 11) is 0. The Morgan fingerprint density at radius 2 is 2.44 bits per heavy atom. The normalized spacial score (nSPS) is 25.7. The summed E-state index contributed by atoms with van der Waals surface area (Å²) < 4.78 is 0. The zero-order valence-electron chi connectivity index (χ0n) is 10.8. The summed E-state index contributed by atoms with van der Waals surface area (Å²) >= 11 is 1.62. The first-order chi connectivity index (χ1) is 8.66. The van der Waals surface area contributed by atoms with E-state index in [1.807, 2.05) is 24.4 Å². The number of hydrogen-bond donors (Lipinski definition) is 2. The van der Waals surface area contributed by atoms with E-state index in [9.17, 15) is 9.90 Å². The standard InChI is InChI=1S/C14H21NO2S/c1-10(13-6-3-7-18-13)14(17)15-9-11-4-2-5-12(16)8-11/h3,6-7,10-12,16H,2,4-5,8-9H2,1H3,(H,15,17). The lowest BCUT2D eigenvalue weighted by atomic mass is 9.87. The van der Waals surface area contributed by atoms with Crippen LogP contribution in [0.4, 0.5) is 0 Å². The van der Waals surface area contributed by atoms with Gasteiger partial charge in [0.1, 0.15) is 0 Å². The predicted molar refractivity (Wildman–Crippen MR) is 73.7 cm³/mol. The highest BCUT2D eigenvalue weighted by Gasteiger charge is 2.22. The average molecular weight is 267 g/mol. The Labute approximate surface area is 112 Å². The fourth-order valence-electron chi connectivity index (χ4n) is 2.51. The molecule has 1 saturated carbocycles. The quantitative estimate of drug-likeness (QED) is 0.880. The van der Waals surface area contributed by atoms with Gasteiger partial charge < -0.3 is 10.4 Å². The van der Waals surface area contributed by atoms with E-state index in [2.05, 4.69) is 5.32 Å². The maximum absolute atomic E-state index is 12.0. The molecule has 0 spiro atoms. The smallest absolute Gasteiger partial charge is 0.228 e. The zero-order chi connectivity index (χ0) is 13.0. The number of rotatable bonds is 4. The van der Waals surface area contributed by atoms with Crippen LogP contribution in [-0.2, 0) is 4.79 Å². The fourth-order valence-corrected chi connectivity index (χ4v) is 3.30. The molecule has 3 atom stereocenters. The van der Waals surface area contributed by atoms with Crippen LogP contribution in [0.5, 0.6) is 0 Å². The van der Waals surface area contributed by atoms with Gasteiger partial charge in [0.2, 0.25) is 5.91 Å². The maximum Gasteiger partial charge on any atom is 0.228 e. The van der Waals surface area contributed by atoms with Crippen molar-refractivity contribution in [3.63, 3.8) is 0 Å². The lowest BCUT2D eigenvalue weighted by Gasteiger charge is -2.26. The van der Waals surface area contributed by atoms with Crippen molar-refractivity contribution < 1.29 is 9.90 Å². The number of nitrogens with one attached hydrogen (secondary N) is 1. The second-order valence-electron chi connectivity index (χ2n) is 5.17. The number of carbonyl (C=O) groups excluding carboxylic acids is 1. The molecular weight excluding hydrogens is 246 g/mol. The fraction of sp³-hybridized carbons (Fsp3) is 0.643. The van der Waals surface area contributed by atoms with Gasteiger partial charge in [-0.1, -0.05) is 12.5 Å². The first-order valence-corrected chi connectivity index (χ1v) is 7.54. The van der Waals surface area contributed by atoms with Crippen LogP contribution < -0.4 is 5.32 Å². The third-order valence-corrected chi connectivity index (χ3v) is 4.74. The molecule has 1 aromatic rings. The molecule has 18 heavy (non-hydrogen) atoms. The van der Waals surface area contributed by atoms with E-state index in [0.717, 1.165) is 30.6 Å². The molecule has 4 heteroatoms. The van der Waals surface area contributed by atoms with Crippen molar-refractivity contribution in [3.05, 3.63) is 22.4 Å². The third kappa shape index (κ3) is 3.56. The van der Waals surface area contributed by atoms with Gasteiger partial charge in [0.15, 0.2) is 0 Å². The Bertz CT molecular complexity index is 377. The van der Waals surface area contributed by atoms with Crippen LogP contribution in [0.3, 0.4) is 0 Å². The molecule has 0 bridgehead atoms. The summed E-state index contributed by atoms with van der Waals surface area (Å²) in [5, 5.41) is 14.6. The number of carbonyl (C=O) groups is 1. The molecule has 0 aliphatic heterocycles. The number of aliphatic hydroxyl groups excluding tert-OH is 1. The highest BCUT2D eigenvalue weighted by molar-refractivity contribution is 7.10. The van der Waals surface area contributed by atoms with E-state index in [4.69, 9.17) is 0 Å². The van der Waals surface area contributed by atoms with Crippen molar-refractivity contribution >= 4 is 17.2 Å². The molecule has 3 nitrogen and oxygen atoms in total. The van der Waals surface area contributed by atoms with Crippen LogP contribution >= 0.6 is 11.3 Å². The van der Waals surface area contributed by atoms with Crippen LogP contribution in [0.15, 0.2) is 17.5 Å². The Kier molecular flexibility index (Phi) is 4.78. The molecule has 2 N–H and O–H groups in total. The number of aliphatic hydroxyl groups is 1. The first kappa shape index (κ1) is 13.6. The molecule has 100 valence electrons. The molecule has 1 aromatic heterocycles. The summed E-state index contributed by atoms with van der Waals surface area (Å²) in [5.41, 5.74) is 0. The largest absolute Gasteiger partial charge is 0.393 e. The SMILES string of the molecule is CC(C(=O)NCC1CCCC(O)C1)c1cccs1. The van der Waals surface area contributed by atoms with Crippen molar-refractivity contribution in [2.75, 3.05) is 6.54 Å². The van der Waals surface area contributed by atoms with Crippen molar-refractivity contribution in [2.45, 2.75) is 44.6 Å². The monoisotopic (exact) mass is 267 g/mol.